The van der Waals surface area contributed by atoms with Crippen molar-refractivity contribution in [3.8, 4) is 11.3 Å². The molecular formula is C16H13Cl2N3. The summed E-state index contributed by atoms with van der Waals surface area (Å²) in [5.41, 5.74) is 2.76. The van der Waals surface area contributed by atoms with Gasteiger partial charge < -0.3 is 10.3 Å². The van der Waals surface area contributed by atoms with Gasteiger partial charge in [0.25, 0.3) is 0 Å². The quantitative estimate of drug-likeness (QED) is 0.711. The fraction of sp³-hybridized carbons (Fsp3) is 0.0625. The van der Waals surface area contributed by atoms with Crippen molar-refractivity contribution in [1.29, 1.82) is 0 Å². The summed E-state index contributed by atoms with van der Waals surface area (Å²) in [4.78, 5) is 7.61. The molecule has 0 spiro atoms. The van der Waals surface area contributed by atoms with Crippen LogP contribution in [0.4, 0.5) is 5.69 Å². The van der Waals surface area contributed by atoms with Gasteiger partial charge in [-0.05, 0) is 30.3 Å². The van der Waals surface area contributed by atoms with Crippen molar-refractivity contribution in [2.24, 2.45) is 0 Å². The number of imidazole rings is 1. The van der Waals surface area contributed by atoms with Gasteiger partial charge in [-0.15, -0.1) is 0 Å². The zero-order chi connectivity index (χ0) is 14.7. The average molecular weight is 318 g/mol. The van der Waals surface area contributed by atoms with E-state index in [2.05, 4.69) is 15.3 Å². The fourth-order valence-corrected chi connectivity index (χ4v) is 2.43. The number of nitrogens with one attached hydrogen (secondary N) is 2. The van der Waals surface area contributed by atoms with Crippen molar-refractivity contribution in [2.45, 2.75) is 6.54 Å². The third kappa shape index (κ3) is 3.38. The number of hydrogen-bond donors (Lipinski definition) is 2. The maximum atomic E-state index is 6.19. The second-order valence-corrected chi connectivity index (χ2v) is 5.43. The predicted octanol–water partition coefficient (Wildman–Crippen LogP) is 5.00. The zero-order valence-corrected chi connectivity index (χ0v) is 12.6. The van der Waals surface area contributed by atoms with Crippen LogP contribution in [-0.4, -0.2) is 9.97 Å². The van der Waals surface area contributed by atoms with E-state index in [9.17, 15) is 0 Å². The summed E-state index contributed by atoms with van der Waals surface area (Å²) in [6.45, 7) is 0.613. The topological polar surface area (TPSA) is 40.7 Å². The average Bonchev–Trinajstić information content (AvgIpc) is 2.97. The number of anilines is 1. The second-order valence-electron chi connectivity index (χ2n) is 4.59. The summed E-state index contributed by atoms with van der Waals surface area (Å²) in [7, 11) is 0. The number of rotatable bonds is 4. The Balaban J connectivity index is 1.76. The van der Waals surface area contributed by atoms with E-state index in [4.69, 9.17) is 23.2 Å². The van der Waals surface area contributed by atoms with Crippen molar-refractivity contribution in [3.05, 3.63) is 70.6 Å². The molecule has 2 N–H and O–H groups in total. The third-order valence-electron chi connectivity index (χ3n) is 3.08. The van der Waals surface area contributed by atoms with Crippen molar-refractivity contribution in [2.75, 3.05) is 5.32 Å². The van der Waals surface area contributed by atoms with E-state index in [0.717, 1.165) is 22.8 Å². The van der Waals surface area contributed by atoms with E-state index in [-0.39, 0.29) is 0 Å². The molecule has 3 rings (SSSR count). The van der Waals surface area contributed by atoms with E-state index in [1.807, 2.05) is 36.4 Å². The molecule has 3 aromatic rings. The Morgan fingerprint density at radius 1 is 1.05 bits per heavy atom. The van der Waals surface area contributed by atoms with E-state index >= 15 is 0 Å². The number of aromatic amines is 1. The van der Waals surface area contributed by atoms with Crippen LogP contribution in [0, 0.1) is 0 Å². The van der Waals surface area contributed by atoms with Gasteiger partial charge in [-0.2, -0.15) is 0 Å². The lowest BCUT2D eigenvalue weighted by Gasteiger charge is -2.04. The number of H-pyrrole nitrogens is 1. The summed E-state index contributed by atoms with van der Waals surface area (Å²) < 4.78 is 0. The molecule has 0 aliphatic rings. The molecular weight excluding hydrogens is 305 g/mol. The molecule has 2 aromatic carbocycles. The molecule has 3 nitrogen and oxygen atoms in total. The van der Waals surface area contributed by atoms with Gasteiger partial charge in [-0.1, -0.05) is 41.4 Å². The Kier molecular flexibility index (Phi) is 4.13. The van der Waals surface area contributed by atoms with E-state index in [1.165, 1.54) is 0 Å². The predicted molar refractivity (Wildman–Crippen MR) is 87.8 cm³/mol. The summed E-state index contributed by atoms with van der Waals surface area (Å²) in [5.74, 6) is 0.838. The van der Waals surface area contributed by atoms with Crippen LogP contribution in [0.15, 0.2) is 54.7 Å². The lowest BCUT2D eigenvalue weighted by molar-refractivity contribution is 1.00. The number of para-hydroxylation sites is 1. The zero-order valence-electron chi connectivity index (χ0n) is 11.1. The molecule has 0 aliphatic heterocycles. The van der Waals surface area contributed by atoms with Crippen molar-refractivity contribution < 1.29 is 0 Å². The first kappa shape index (κ1) is 14.0. The number of aromatic nitrogens is 2. The molecule has 21 heavy (non-hydrogen) atoms. The molecule has 0 aliphatic carbocycles. The highest BCUT2D eigenvalue weighted by molar-refractivity contribution is 6.35. The molecule has 0 radical (unpaired) electrons. The molecule has 5 heteroatoms. The Bertz CT molecular complexity index is 738. The molecule has 0 fully saturated rings. The molecule has 1 aromatic heterocycles. The Hall–Kier alpha value is -1.97. The van der Waals surface area contributed by atoms with Crippen LogP contribution in [-0.2, 0) is 6.54 Å². The molecule has 0 bridgehead atoms. The highest BCUT2D eigenvalue weighted by Gasteiger charge is 2.08. The minimum atomic E-state index is 0.613. The van der Waals surface area contributed by atoms with E-state index in [0.29, 0.717) is 16.6 Å². The third-order valence-corrected chi connectivity index (χ3v) is 3.65. The van der Waals surface area contributed by atoms with Gasteiger partial charge in [0.15, 0.2) is 0 Å². The number of halogens is 2. The maximum Gasteiger partial charge on any atom is 0.125 e. The Morgan fingerprint density at radius 3 is 2.67 bits per heavy atom. The van der Waals surface area contributed by atoms with Crippen LogP contribution in [0.1, 0.15) is 5.82 Å². The van der Waals surface area contributed by atoms with Crippen molar-refractivity contribution in [1.82, 2.24) is 9.97 Å². The number of nitrogens with zero attached hydrogens (tertiary/aromatic N) is 1. The first-order valence-corrected chi connectivity index (χ1v) is 7.26. The molecule has 0 unspecified atom stereocenters. The van der Waals surface area contributed by atoms with Gasteiger partial charge >= 0.3 is 0 Å². The summed E-state index contributed by atoms with van der Waals surface area (Å²) in [6, 6.07) is 15.4. The lowest BCUT2D eigenvalue weighted by atomic mass is 10.2. The van der Waals surface area contributed by atoms with Crippen LogP contribution >= 0.6 is 23.2 Å². The van der Waals surface area contributed by atoms with Gasteiger partial charge in [0, 0.05) is 16.3 Å². The van der Waals surface area contributed by atoms with Crippen LogP contribution in [0.5, 0.6) is 0 Å². The minimum absolute atomic E-state index is 0.613. The molecule has 0 amide bonds. The second kappa shape index (κ2) is 6.20. The van der Waals surface area contributed by atoms with E-state index in [1.54, 1.807) is 18.3 Å². The lowest BCUT2D eigenvalue weighted by Crippen LogP contribution is -2.00. The maximum absolute atomic E-state index is 6.19. The van der Waals surface area contributed by atoms with Gasteiger partial charge in [0.05, 0.1) is 23.5 Å². The van der Waals surface area contributed by atoms with Gasteiger partial charge in [0.1, 0.15) is 5.82 Å². The van der Waals surface area contributed by atoms with Crippen molar-refractivity contribution >= 4 is 28.9 Å². The molecule has 0 atom stereocenters. The highest BCUT2D eigenvalue weighted by atomic mass is 35.5. The van der Waals surface area contributed by atoms with E-state index < -0.39 is 0 Å². The number of hydrogen-bond acceptors (Lipinski definition) is 2. The molecule has 0 saturated carbocycles. The summed E-state index contributed by atoms with van der Waals surface area (Å²) in [6.07, 6.45) is 1.76. The molecule has 106 valence electrons. The fourth-order valence-electron chi connectivity index (χ4n) is 2.03. The minimum Gasteiger partial charge on any atom is -0.378 e. The standard InChI is InChI=1S/C16H13Cl2N3/c17-11-6-7-14(18)13(8-11)15-9-20-16(21-15)10-19-12-4-2-1-3-5-12/h1-9,19H,10H2,(H,20,21). The largest absolute Gasteiger partial charge is 0.378 e. The first-order chi connectivity index (χ1) is 10.2. The van der Waals surface area contributed by atoms with Gasteiger partial charge in [-0.25, -0.2) is 4.98 Å². The monoisotopic (exact) mass is 317 g/mol. The van der Waals surface area contributed by atoms with Crippen molar-refractivity contribution in [3.63, 3.8) is 0 Å². The smallest absolute Gasteiger partial charge is 0.125 e. The van der Waals surface area contributed by atoms with Crippen LogP contribution < -0.4 is 5.32 Å². The molecule has 1 heterocycles. The van der Waals surface area contributed by atoms with Crippen LogP contribution in [0.25, 0.3) is 11.3 Å². The Labute approximate surface area is 132 Å². The van der Waals surface area contributed by atoms with Crippen LogP contribution in [0.2, 0.25) is 10.0 Å². The summed E-state index contributed by atoms with van der Waals surface area (Å²) >= 11 is 12.2. The van der Waals surface area contributed by atoms with Gasteiger partial charge in [-0.3, -0.25) is 0 Å². The van der Waals surface area contributed by atoms with Crippen LogP contribution in [0.3, 0.4) is 0 Å². The highest BCUT2D eigenvalue weighted by Crippen LogP contribution is 2.29. The SMILES string of the molecule is Clc1ccc(Cl)c(-c2cnc(CNc3ccccc3)[nH]2)c1. The normalized spacial score (nSPS) is 10.6. The Morgan fingerprint density at radius 2 is 1.86 bits per heavy atom. The summed E-state index contributed by atoms with van der Waals surface area (Å²) in [5, 5.41) is 4.59. The molecule has 0 saturated heterocycles. The number of benzene rings is 2. The van der Waals surface area contributed by atoms with Gasteiger partial charge in [0.2, 0.25) is 0 Å². The first-order valence-electron chi connectivity index (χ1n) is 6.50.